The molecular weight excluding hydrogens is 411 g/mol. The fourth-order valence-electron chi connectivity index (χ4n) is 3.85. The SMILES string of the molecule is COc1cc2ncc(-c3cccc(N[C@H]4CNC[C@@H]4C(F)(F)F)n3)n2cc1C(C)(C)O. The van der Waals surface area contributed by atoms with E-state index in [1.165, 1.54) is 7.11 Å². The summed E-state index contributed by atoms with van der Waals surface area (Å²) in [5.74, 6) is -0.616. The van der Waals surface area contributed by atoms with Gasteiger partial charge in [0.15, 0.2) is 0 Å². The topological polar surface area (TPSA) is 83.7 Å². The number of hydrogen-bond acceptors (Lipinski definition) is 6. The molecule has 1 aliphatic rings. The monoisotopic (exact) mass is 435 g/mol. The van der Waals surface area contributed by atoms with Gasteiger partial charge in [-0.05, 0) is 26.0 Å². The van der Waals surface area contributed by atoms with Crippen molar-refractivity contribution in [3.05, 3.63) is 42.2 Å². The molecule has 0 radical (unpaired) electrons. The Bertz CT molecular complexity index is 1090. The molecule has 1 saturated heterocycles. The van der Waals surface area contributed by atoms with Crippen molar-refractivity contribution < 1.29 is 23.0 Å². The summed E-state index contributed by atoms with van der Waals surface area (Å²) >= 11 is 0. The molecule has 3 N–H and O–H groups in total. The molecule has 3 aromatic heterocycles. The number of methoxy groups -OCH3 is 1. The Morgan fingerprint density at radius 3 is 2.71 bits per heavy atom. The largest absolute Gasteiger partial charge is 0.496 e. The first-order chi connectivity index (χ1) is 14.6. The Kier molecular flexibility index (Phi) is 5.30. The van der Waals surface area contributed by atoms with Crippen molar-refractivity contribution in [3.63, 3.8) is 0 Å². The lowest BCUT2D eigenvalue weighted by atomic mass is 9.99. The average Bonchev–Trinajstić information content (AvgIpc) is 3.32. The minimum absolute atomic E-state index is 0.115. The van der Waals surface area contributed by atoms with Crippen molar-refractivity contribution >= 4 is 11.5 Å². The van der Waals surface area contributed by atoms with Gasteiger partial charge in [-0.2, -0.15) is 13.2 Å². The third kappa shape index (κ3) is 4.17. The fourth-order valence-corrected chi connectivity index (χ4v) is 3.85. The van der Waals surface area contributed by atoms with Gasteiger partial charge in [0, 0.05) is 30.9 Å². The minimum Gasteiger partial charge on any atom is -0.496 e. The van der Waals surface area contributed by atoms with Crippen molar-refractivity contribution in [1.82, 2.24) is 19.7 Å². The molecule has 1 fully saturated rings. The number of alkyl halides is 3. The first-order valence-corrected chi connectivity index (χ1v) is 9.87. The molecule has 0 saturated carbocycles. The van der Waals surface area contributed by atoms with Gasteiger partial charge in [0.25, 0.3) is 0 Å². The lowest BCUT2D eigenvalue weighted by Gasteiger charge is -2.23. The summed E-state index contributed by atoms with van der Waals surface area (Å²) in [5.41, 5.74) is 1.20. The van der Waals surface area contributed by atoms with E-state index in [1.807, 2.05) is 0 Å². The maximum atomic E-state index is 13.2. The third-order valence-corrected chi connectivity index (χ3v) is 5.47. The summed E-state index contributed by atoms with van der Waals surface area (Å²) < 4.78 is 46.9. The molecule has 3 aromatic rings. The number of ether oxygens (including phenoxy) is 1. The van der Waals surface area contributed by atoms with Crippen LogP contribution in [0.15, 0.2) is 36.7 Å². The molecule has 0 aliphatic carbocycles. The highest BCUT2D eigenvalue weighted by molar-refractivity contribution is 5.64. The lowest BCUT2D eigenvalue weighted by Crippen LogP contribution is -2.38. The van der Waals surface area contributed by atoms with E-state index in [9.17, 15) is 18.3 Å². The van der Waals surface area contributed by atoms with Gasteiger partial charge in [0.1, 0.15) is 17.2 Å². The Morgan fingerprint density at radius 2 is 2.03 bits per heavy atom. The molecule has 4 heterocycles. The van der Waals surface area contributed by atoms with Crippen LogP contribution in [0.4, 0.5) is 19.0 Å². The first kappa shape index (κ1) is 21.4. The Balaban J connectivity index is 1.69. The lowest BCUT2D eigenvalue weighted by molar-refractivity contribution is -0.170. The zero-order valence-electron chi connectivity index (χ0n) is 17.4. The number of hydrogen-bond donors (Lipinski definition) is 3. The highest BCUT2D eigenvalue weighted by Gasteiger charge is 2.47. The van der Waals surface area contributed by atoms with Crippen LogP contribution >= 0.6 is 0 Å². The summed E-state index contributed by atoms with van der Waals surface area (Å²) in [4.78, 5) is 8.91. The number of pyridine rings is 2. The molecule has 1 aliphatic heterocycles. The zero-order chi connectivity index (χ0) is 22.4. The Hall–Kier alpha value is -2.85. The quantitative estimate of drug-likeness (QED) is 0.571. The van der Waals surface area contributed by atoms with Crippen LogP contribution in [0.3, 0.4) is 0 Å². The van der Waals surface area contributed by atoms with Crippen molar-refractivity contribution in [2.24, 2.45) is 5.92 Å². The number of aromatic nitrogens is 3. The molecule has 0 spiro atoms. The number of rotatable bonds is 5. The Morgan fingerprint density at radius 1 is 1.26 bits per heavy atom. The molecule has 166 valence electrons. The van der Waals surface area contributed by atoms with Gasteiger partial charge >= 0.3 is 6.18 Å². The standard InChI is InChI=1S/C21H24F3N5O2/c1-20(2,30)13-11-29-16(10-26-19(29)7-17(13)31-3)14-5-4-6-18(27-14)28-15-9-25-8-12(15)21(22,23)24/h4-7,10-12,15,25,30H,8-9H2,1-3H3,(H,27,28)/t12-,15-/m0/s1. The average molecular weight is 435 g/mol. The number of fused-ring (bicyclic) bond motifs is 1. The molecule has 7 nitrogen and oxygen atoms in total. The van der Waals surface area contributed by atoms with Gasteiger partial charge in [0.2, 0.25) is 0 Å². The second-order valence-corrected chi connectivity index (χ2v) is 8.15. The summed E-state index contributed by atoms with van der Waals surface area (Å²) in [7, 11) is 1.52. The molecule has 0 bridgehead atoms. The van der Waals surface area contributed by atoms with E-state index in [2.05, 4.69) is 20.6 Å². The van der Waals surface area contributed by atoms with Gasteiger partial charge < -0.3 is 20.5 Å². The summed E-state index contributed by atoms with van der Waals surface area (Å²) in [6, 6.07) is 6.06. The molecule has 0 unspecified atom stereocenters. The van der Waals surface area contributed by atoms with Crippen molar-refractivity contribution in [3.8, 4) is 17.1 Å². The highest BCUT2D eigenvalue weighted by atomic mass is 19.4. The van der Waals surface area contributed by atoms with Gasteiger partial charge in [-0.15, -0.1) is 0 Å². The summed E-state index contributed by atoms with van der Waals surface area (Å²) in [6.45, 7) is 3.40. The van der Waals surface area contributed by atoms with E-state index in [4.69, 9.17) is 4.74 Å². The molecule has 10 heteroatoms. The van der Waals surface area contributed by atoms with Gasteiger partial charge in [-0.25, -0.2) is 9.97 Å². The fraction of sp³-hybridized carbons (Fsp3) is 0.429. The van der Waals surface area contributed by atoms with Crippen molar-refractivity contribution in [2.45, 2.75) is 31.7 Å². The predicted molar refractivity (Wildman–Crippen MR) is 110 cm³/mol. The van der Waals surface area contributed by atoms with Crippen LogP contribution in [0.2, 0.25) is 0 Å². The van der Waals surface area contributed by atoms with Crippen LogP contribution in [0.1, 0.15) is 19.4 Å². The second kappa shape index (κ2) is 7.69. The summed E-state index contributed by atoms with van der Waals surface area (Å²) in [6.07, 6.45) is -0.920. The first-order valence-electron chi connectivity index (χ1n) is 9.87. The maximum Gasteiger partial charge on any atom is 0.395 e. The van der Waals surface area contributed by atoms with Crippen LogP contribution in [-0.2, 0) is 5.60 Å². The molecular formula is C21H24F3N5O2. The van der Waals surface area contributed by atoms with Gasteiger partial charge in [-0.3, -0.25) is 4.40 Å². The van der Waals surface area contributed by atoms with Gasteiger partial charge in [0.05, 0.1) is 42.3 Å². The maximum absolute atomic E-state index is 13.2. The second-order valence-electron chi connectivity index (χ2n) is 8.15. The number of nitrogens with zero attached hydrogens (tertiary/aromatic N) is 3. The van der Waals surface area contributed by atoms with Gasteiger partial charge in [-0.1, -0.05) is 6.07 Å². The molecule has 31 heavy (non-hydrogen) atoms. The van der Waals surface area contributed by atoms with Crippen LogP contribution < -0.4 is 15.4 Å². The van der Waals surface area contributed by atoms with Crippen LogP contribution in [0.5, 0.6) is 5.75 Å². The molecule has 0 aromatic carbocycles. The predicted octanol–water partition coefficient (Wildman–Crippen LogP) is 3.19. The minimum atomic E-state index is -4.28. The van der Waals surface area contributed by atoms with Crippen LogP contribution in [0.25, 0.3) is 17.0 Å². The highest BCUT2D eigenvalue weighted by Crippen LogP contribution is 2.34. The van der Waals surface area contributed by atoms with E-state index in [0.717, 1.165) is 0 Å². The van der Waals surface area contributed by atoms with E-state index in [0.29, 0.717) is 34.2 Å². The number of anilines is 1. The van der Waals surface area contributed by atoms with E-state index in [1.54, 1.807) is 54.9 Å². The number of nitrogens with one attached hydrogen (secondary N) is 2. The van der Waals surface area contributed by atoms with Crippen molar-refractivity contribution in [1.29, 1.82) is 0 Å². The Labute approximate surface area is 177 Å². The number of aliphatic hydroxyl groups is 1. The zero-order valence-corrected chi connectivity index (χ0v) is 17.4. The number of imidazole rings is 1. The number of halogens is 3. The van der Waals surface area contributed by atoms with Crippen LogP contribution in [0, 0.1) is 5.92 Å². The van der Waals surface area contributed by atoms with E-state index in [-0.39, 0.29) is 13.1 Å². The summed E-state index contributed by atoms with van der Waals surface area (Å²) in [5, 5.41) is 16.2. The molecule has 4 rings (SSSR count). The van der Waals surface area contributed by atoms with Crippen molar-refractivity contribution in [2.75, 3.05) is 25.5 Å². The molecule has 2 atom stereocenters. The van der Waals surface area contributed by atoms with Crippen LogP contribution in [-0.4, -0.2) is 51.9 Å². The van der Waals surface area contributed by atoms with E-state index < -0.39 is 23.7 Å². The smallest absolute Gasteiger partial charge is 0.395 e. The van der Waals surface area contributed by atoms with E-state index >= 15 is 0 Å². The molecule has 0 amide bonds. The third-order valence-electron chi connectivity index (χ3n) is 5.47. The normalized spacial score (nSPS) is 19.7.